The fourth-order valence-corrected chi connectivity index (χ4v) is 0.710. The number of hydrogen-bond acceptors (Lipinski definition) is 7. The molecule has 0 saturated carbocycles. The number of rotatable bonds is 0. The Hall–Kier alpha value is -0.0203. The third kappa shape index (κ3) is 1.59. The predicted octanol–water partition coefficient (Wildman–Crippen LogP) is -4.02. The standard InChI is InChI=1S/B4O7/c5-1-7-3-9-2(6)10-4(8-1)11-3/q-2/p+2. The smallest absolute Gasteiger partial charge is 0.833 e. The fraction of sp³-hybridized carbons (Fsp3) is 0. The van der Waals surface area contributed by atoms with Gasteiger partial charge in [0.25, 0.3) is 0 Å². The molecule has 2 bridgehead atoms. The predicted molar refractivity (Wildman–Crippen MR) is 30.7 cm³/mol. The van der Waals surface area contributed by atoms with Gasteiger partial charge in [0.15, 0.2) is 0 Å². The van der Waals surface area contributed by atoms with Gasteiger partial charge >= 0.3 is 32.1 Å². The van der Waals surface area contributed by atoms with Gasteiger partial charge in [-0.25, -0.2) is 0 Å². The van der Waals surface area contributed by atoms with Crippen molar-refractivity contribution in [2.24, 2.45) is 0 Å². The van der Waals surface area contributed by atoms with Crippen molar-refractivity contribution in [2.45, 2.75) is 0 Å². The van der Waals surface area contributed by atoms with Crippen LogP contribution in [0.25, 0.3) is 0 Å². The fourth-order valence-electron chi connectivity index (χ4n) is 0.710. The van der Waals surface area contributed by atoms with Crippen LogP contribution in [0.15, 0.2) is 0 Å². The van der Waals surface area contributed by atoms with Gasteiger partial charge in [0.2, 0.25) is 0 Å². The summed E-state index contributed by atoms with van der Waals surface area (Å²) in [5.74, 6) is 0. The summed E-state index contributed by atoms with van der Waals surface area (Å²) in [6.45, 7) is 0. The van der Waals surface area contributed by atoms with Gasteiger partial charge in [-0.15, -0.1) is 0 Å². The molecule has 2 rings (SSSR count). The summed E-state index contributed by atoms with van der Waals surface area (Å²) in [5, 5.41) is 21.0. The van der Waals surface area contributed by atoms with Crippen molar-refractivity contribution in [1.29, 1.82) is 0 Å². The molecule has 11 heavy (non-hydrogen) atoms. The lowest BCUT2D eigenvalue weighted by atomic mass is 9.90. The molecule has 0 spiro atoms. The van der Waals surface area contributed by atoms with E-state index in [2.05, 4.69) is 22.9 Å². The van der Waals surface area contributed by atoms with Gasteiger partial charge in [-0.05, 0) is 0 Å². The molecule has 0 aromatic heterocycles. The zero-order chi connectivity index (χ0) is 7.84. The van der Waals surface area contributed by atoms with E-state index in [1.165, 1.54) is 0 Å². The average Bonchev–Trinajstić information content (AvgIpc) is 1.82. The van der Waals surface area contributed by atoms with Gasteiger partial charge in [0, 0.05) is 0 Å². The molecule has 7 nitrogen and oxygen atoms in total. The molecule has 0 aliphatic carbocycles. The molecule has 11 heteroatoms. The molecule has 2 saturated heterocycles. The van der Waals surface area contributed by atoms with Gasteiger partial charge in [-0.2, -0.15) is 0 Å². The molecule has 0 atom stereocenters. The quantitative estimate of drug-likeness (QED) is 0.331. The van der Waals surface area contributed by atoms with Crippen LogP contribution in [-0.4, -0.2) is 29.3 Å². The average molecular weight is 157 g/mol. The molecule has 56 valence electrons. The minimum Gasteiger partial charge on any atom is -0.833 e. The Kier molecular flexibility index (Phi) is 1.93. The van der Waals surface area contributed by atoms with Gasteiger partial charge in [-0.1, -0.05) is 0 Å². The lowest BCUT2D eigenvalue weighted by Gasteiger charge is -2.40. The Morgan fingerprint density at radius 2 is 1.09 bits per heavy atom. The van der Waals surface area contributed by atoms with Gasteiger partial charge in [-0.3, -0.25) is 0 Å². The van der Waals surface area contributed by atoms with Crippen molar-refractivity contribution in [2.75, 3.05) is 0 Å². The van der Waals surface area contributed by atoms with Crippen LogP contribution in [0.1, 0.15) is 2.85 Å². The van der Waals surface area contributed by atoms with Crippen molar-refractivity contribution < 1.29 is 35.8 Å². The Morgan fingerprint density at radius 3 is 1.45 bits per heavy atom. The first kappa shape index (κ1) is 7.62. The molecular formula is H2B4O7. The number of hydrogen-bond donors (Lipinski definition) is 0. The van der Waals surface area contributed by atoms with Crippen LogP contribution in [-0.2, 0) is 22.9 Å². The molecule has 2 aliphatic heterocycles. The lowest BCUT2D eigenvalue weighted by molar-refractivity contribution is -0.260. The summed E-state index contributed by atoms with van der Waals surface area (Å²) in [5.41, 5.74) is 0. The Morgan fingerprint density at radius 1 is 0.727 bits per heavy atom. The van der Waals surface area contributed by atoms with Crippen molar-refractivity contribution in [1.82, 2.24) is 0 Å². The Bertz CT molecular complexity index is 124. The first-order valence-corrected chi connectivity index (χ1v) is 2.83. The molecule has 2 heterocycles. The number of fused-ring (bicyclic) bond motifs is 2. The maximum absolute atomic E-state index is 10.5. The zero-order valence-corrected chi connectivity index (χ0v) is 5.17. The second kappa shape index (κ2) is 2.79. The van der Waals surface area contributed by atoms with E-state index in [1.54, 1.807) is 0 Å². The van der Waals surface area contributed by atoms with E-state index >= 15 is 0 Å². The van der Waals surface area contributed by atoms with Gasteiger partial charge in [0.1, 0.15) is 0 Å². The lowest BCUT2D eigenvalue weighted by Crippen LogP contribution is -2.65. The normalized spacial score (nSPS) is 24.5. The van der Waals surface area contributed by atoms with E-state index in [-0.39, 0.29) is 2.85 Å². The second-order valence-electron chi connectivity index (χ2n) is 1.84. The van der Waals surface area contributed by atoms with Crippen molar-refractivity contribution in [3.63, 3.8) is 0 Å². The monoisotopic (exact) mass is 158 g/mol. The highest BCUT2D eigenvalue weighted by molar-refractivity contribution is 6.73. The summed E-state index contributed by atoms with van der Waals surface area (Å²) < 4.78 is 21.9. The summed E-state index contributed by atoms with van der Waals surface area (Å²) in [6, 6.07) is 0. The molecule has 2 aliphatic rings. The minimum atomic E-state index is -1.73. The van der Waals surface area contributed by atoms with Crippen LogP contribution in [0.3, 0.4) is 0 Å². The van der Waals surface area contributed by atoms with E-state index in [9.17, 15) is 10.0 Å². The molecule has 0 aromatic rings. The van der Waals surface area contributed by atoms with Crippen LogP contribution < -0.4 is 10.0 Å². The maximum atomic E-state index is 10.5. The Labute approximate surface area is 66.2 Å². The van der Waals surface area contributed by atoms with Crippen LogP contribution in [0.5, 0.6) is 0 Å². The molecule has 0 radical (unpaired) electrons. The van der Waals surface area contributed by atoms with E-state index in [0.717, 1.165) is 0 Å². The minimum absolute atomic E-state index is 0. The van der Waals surface area contributed by atoms with E-state index < -0.39 is 29.3 Å². The highest BCUT2D eigenvalue weighted by atomic mass is 16.9. The summed E-state index contributed by atoms with van der Waals surface area (Å²) in [7, 11) is -6.00. The topological polar surface area (TPSA) is 92.3 Å². The Balaban J connectivity index is 0.000000720. The first-order valence-electron chi connectivity index (χ1n) is 2.83. The molecule has 0 unspecified atom stereocenters. The van der Waals surface area contributed by atoms with Crippen LogP contribution in [0.2, 0.25) is 0 Å². The first-order chi connectivity index (χ1) is 5.24. The molecule has 0 aromatic carbocycles. The molecular weight excluding hydrogens is 155 g/mol. The van der Waals surface area contributed by atoms with Gasteiger partial charge < -0.3 is 32.9 Å². The van der Waals surface area contributed by atoms with Crippen molar-refractivity contribution >= 4 is 29.3 Å². The summed E-state index contributed by atoms with van der Waals surface area (Å²) >= 11 is 0. The third-order valence-electron chi connectivity index (χ3n) is 1.11. The SMILES string of the molecule is [H+].[H+].[O-]B1OB2OB([O-])OB(O1)O2. The second-order valence-corrected chi connectivity index (χ2v) is 1.84. The summed E-state index contributed by atoms with van der Waals surface area (Å²) in [6.07, 6.45) is 0. The highest BCUT2D eigenvalue weighted by Gasteiger charge is 2.44. The highest BCUT2D eigenvalue weighted by Crippen LogP contribution is 2.12. The van der Waals surface area contributed by atoms with E-state index in [4.69, 9.17) is 0 Å². The van der Waals surface area contributed by atoms with Crippen LogP contribution in [0.4, 0.5) is 0 Å². The molecule has 0 amide bonds. The maximum Gasteiger partial charge on any atom is 1.00 e. The summed E-state index contributed by atoms with van der Waals surface area (Å²) in [4.78, 5) is 0. The molecule has 2 fully saturated rings. The van der Waals surface area contributed by atoms with Crippen LogP contribution >= 0.6 is 0 Å². The van der Waals surface area contributed by atoms with Crippen LogP contribution in [0, 0.1) is 0 Å². The van der Waals surface area contributed by atoms with Crippen molar-refractivity contribution in [3.8, 4) is 0 Å². The third-order valence-corrected chi connectivity index (χ3v) is 1.11. The van der Waals surface area contributed by atoms with Crippen molar-refractivity contribution in [3.05, 3.63) is 0 Å². The molecule has 0 N–H and O–H groups in total. The van der Waals surface area contributed by atoms with E-state index in [0.29, 0.717) is 0 Å². The van der Waals surface area contributed by atoms with Gasteiger partial charge in [0.05, 0.1) is 0 Å². The van der Waals surface area contributed by atoms with E-state index in [1.807, 2.05) is 0 Å². The largest absolute Gasteiger partial charge is 1.00 e. The zero-order valence-electron chi connectivity index (χ0n) is 7.17.